The third-order valence-corrected chi connectivity index (χ3v) is 9.00. The number of nitrogens with zero attached hydrogens (tertiary/aromatic N) is 4. The highest BCUT2D eigenvalue weighted by Crippen LogP contribution is 2.56. The van der Waals surface area contributed by atoms with Crippen LogP contribution in [0.15, 0.2) is 97.5 Å². The summed E-state index contributed by atoms with van der Waals surface area (Å²) in [5.41, 5.74) is 8.94. The van der Waals surface area contributed by atoms with Crippen molar-refractivity contribution >= 4 is 49.1 Å². The lowest BCUT2D eigenvalue weighted by Gasteiger charge is -2.33. The van der Waals surface area contributed by atoms with Crippen LogP contribution in [0.2, 0.25) is 0 Å². The summed E-state index contributed by atoms with van der Waals surface area (Å²) in [6, 6.07) is 28.4. The summed E-state index contributed by atoms with van der Waals surface area (Å²) in [5, 5.41) is 6.21. The van der Waals surface area contributed by atoms with Crippen LogP contribution in [-0.4, -0.2) is 9.38 Å². The highest BCUT2D eigenvalue weighted by atomic mass is 16.5. The normalized spacial score (nSPS) is 18.1. The van der Waals surface area contributed by atoms with Crippen LogP contribution in [0.5, 0.6) is 11.5 Å². The van der Waals surface area contributed by atoms with E-state index >= 15 is 0 Å². The van der Waals surface area contributed by atoms with Crippen LogP contribution in [0.3, 0.4) is 0 Å². The molecule has 0 saturated heterocycles. The van der Waals surface area contributed by atoms with Crippen LogP contribution in [0.1, 0.15) is 11.1 Å². The summed E-state index contributed by atoms with van der Waals surface area (Å²) in [4.78, 5) is 4.76. The van der Waals surface area contributed by atoms with Crippen molar-refractivity contribution < 1.29 is 13.9 Å². The molecule has 5 heteroatoms. The molecule has 8 aromatic rings. The zero-order valence-corrected chi connectivity index (χ0v) is 19.4. The van der Waals surface area contributed by atoms with Crippen molar-refractivity contribution in [1.82, 2.24) is 9.38 Å². The van der Waals surface area contributed by atoms with Gasteiger partial charge in [-0.2, -0.15) is 8.97 Å². The minimum atomic E-state index is -0.588. The Morgan fingerprint density at radius 2 is 1.57 bits per heavy atom. The van der Waals surface area contributed by atoms with Gasteiger partial charge in [-0.05, 0) is 60.7 Å². The summed E-state index contributed by atoms with van der Waals surface area (Å²) < 4.78 is 14.2. The number of benzene rings is 3. The van der Waals surface area contributed by atoms with Crippen molar-refractivity contribution in [3.05, 3.63) is 109 Å². The quantitative estimate of drug-likeness (QED) is 0.162. The van der Waals surface area contributed by atoms with Gasteiger partial charge >= 0.3 is 11.3 Å². The molecule has 0 fully saturated rings. The van der Waals surface area contributed by atoms with E-state index in [1.807, 2.05) is 6.20 Å². The Bertz CT molecular complexity index is 2400. The molecule has 0 amide bonds. The molecule has 0 saturated carbocycles. The Kier molecular flexibility index (Phi) is 2.46. The zero-order valence-electron chi connectivity index (χ0n) is 19.4. The summed E-state index contributed by atoms with van der Waals surface area (Å²) in [5.74, 6) is 1.84. The molecule has 0 aliphatic carbocycles. The second-order valence-electron chi connectivity index (χ2n) is 10.4. The van der Waals surface area contributed by atoms with Crippen LogP contribution in [0.4, 0.5) is 0 Å². The number of ether oxygens (including phenoxy) is 1. The zero-order chi connectivity index (χ0) is 23.6. The predicted molar refractivity (Wildman–Crippen MR) is 140 cm³/mol. The van der Waals surface area contributed by atoms with Crippen molar-refractivity contribution in [2.45, 2.75) is 5.66 Å². The summed E-state index contributed by atoms with van der Waals surface area (Å²) in [6.45, 7) is 0. The third kappa shape index (κ3) is 1.54. The van der Waals surface area contributed by atoms with Crippen molar-refractivity contribution in [1.29, 1.82) is 0 Å². The van der Waals surface area contributed by atoms with Crippen LogP contribution in [0, 0.1) is 0 Å². The molecule has 3 aliphatic rings. The Labute approximate surface area is 209 Å². The number of aromatic nitrogens is 4. The van der Waals surface area contributed by atoms with Crippen LogP contribution in [0.25, 0.3) is 60.4 Å². The van der Waals surface area contributed by atoms with Gasteiger partial charge in [0.15, 0.2) is 22.8 Å². The maximum absolute atomic E-state index is 6.72. The lowest BCUT2D eigenvalue weighted by atomic mass is 9.84. The van der Waals surface area contributed by atoms with Crippen molar-refractivity contribution in [2.24, 2.45) is 0 Å². The molecule has 37 heavy (non-hydrogen) atoms. The van der Waals surface area contributed by atoms with E-state index in [4.69, 9.17) is 9.72 Å². The first-order valence-corrected chi connectivity index (χ1v) is 12.7. The minimum Gasteiger partial charge on any atom is -0.456 e. The first-order valence-electron chi connectivity index (χ1n) is 12.7. The van der Waals surface area contributed by atoms with Gasteiger partial charge in [0.05, 0.1) is 28.0 Å². The van der Waals surface area contributed by atoms with Crippen molar-refractivity contribution in [3.8, 4) is 22.8 Å². The molecular weight excluding hydrogens is 456 g/mol. The molecule has 3 aliphatic heterocycles. The van der Waals surface area contributed by atoms with Gasteiger partial charge in [0.1, 0.15) is 17.1 Å². The number of hydrogen-bond acceptors (Lipinski definition) is 2. The van der Waals surface area contributed by atoms with Gasteiger partial charge in [-0.25, -0.2) is 0 Å². The monoisotopic (exact) mass is 472 g/mol. The first kappa shape index (κ1) is 17.4. The van der Waals surface area contributed by atoms with E-state index in [0.717, 1.165) is 17.0 Å². The van der Waals surface area contributed by atoms with Gasteiger partial charge in [0.25, 0.3) is 0 Å². The summed E-state index contributed by atoms with van der Waals surface area (Å²) in [7, 11) is 0. The summed E-state index contributed by atoms with van der Waals surface area (Å²) in [6.07, 6.45) is 6.43. The lowest BCUT2D eigenvalue weighted by Crippen LogP contribution is -2.74. The van der Waals surface area contributed by atoms with E-state index in [0.29, 0.717) is 0 Å². The second-order valence-corrected chi connectivity index (χ2v) is 10.4. The fourth-order valence-corrected chi connectivity index (χ4v) is 7.85. The average Bonchev–Trinajstić information content (AvgIpc) is 3.45. The van der Waals surface area contributed by atoms with Gasteiger partial charge in [0, 0.05) is 34.5 Å². The fraction of sp³-hybridized carbons (Fsp3) is 0.0312. The average molecular weight is 473 g/mol. The van der Waals surface area contributed by atoms with E-state index < -0.39 is 5.66 Å². The molecule has 1 atom stereocenters. The lowest BCUT2D eigenvalue weighted by molar-refractivity contribution is -0.954. The van der Waals surface area contributed by atoms with Crippen molar-refractivity contribution in [3.63, 3.8) is 0 Å². The smallest absolute Gasteiger partial charge is 0.374 e. The molecule has 168 valence electrons. The van der Waals surface area contributed by atoms with Crippen molar-refractivity contribution in [2.75, 3.05) is 0 Å². The number of fused-ring (bicyclic) bond motifs is 4. The topological polar surface area (TPSA) is 34.3 Å². The molecule has 0 N–H and O–H groups in total. The molecule has 5 nitrogen and oxygen atoms in total. The highest BCUT2D eigenvalue weighted by Gasteiger charge is 2.67. The third-order valence-electron chi connectivity index (χ3n) is 9.00. The highest BCUT2D eigenvalue weighted by molar-refractivity contribution is 6.28. The Morgan fingerprint density at radius 1 is 0.676 bits per heavy atom. The van der Waals surface area contributed by atoms with Crippen LogP contribution in [-0.2, 0) is 5.66 Å². The van der Waals surface area contributed by atoms with Gasteiger partial charge in [-0.1, -0.05) is 6.07 Å². The number of hydrogen-bond donors (Lipinski definition) is 0. The van der Waals surface area contributed by atoms with E-state index in [1.54, 1.807) is 0 Å². The standard InChI is InChI=1S/C32H16N4O/c1-2-15-34-23(7-1)21-5-3-8-24-27(21)32(34)28-25(37-24)12-10-19-18-9-11-22-26-17(13-14-33-22)20-6-4-16-35(32)31(20)36(29(18)26)30(19)28/h1-16H/q+2. The molecule has 1 spiro atoms. The molecule has 5 aromatic heterocycles. The Morgan fingerprint density at radius 3 is 2.57 bits per heavy atom. The molecule has 0 bridgehead atoms. The van der Waals surface area contributed by atoms with E-state index in [2.05, 4.69) is 105 Å². The fourth-order valence-electron chi connectivity index (χ4n) is 7.85. The molecule has 3 aromatic carbocycles. The molecule has 8 heterocycles. The van der Waals surface area contributed by atoms with Crippen LogP contribution < -0.4 is 13.9 Å². The maximum atomic E-state index is 6.72. The number of pyridine rings is 4. The van der Waals surface area contributed by atoms with Gasteiger partial charge in [-0.15, -0.1) is 4.57 Å². The first-order chi connectivity index (χ1) is 18.4. The minimum absolute atomic E-state index is 0.588. The second kappa shape index (κ2) is 5.22. The SMILES string of the molecule is c1cc2c3c(c1)-c1cccc[n+]1C31c3c(ccc4c5ccc6nccc7c8ccc[n+]1c8n(c34)c5c67)O2. The molecular formula is C32H16N4O+2. The number of rotatable bonds is 0. The van der Waals surface area contributed by atoms with E-state index in [-0.39, 0.29) is 0 Å². The van der Waals surface area contributed by atoms with E-state index in [9.17, 15) is 0 Å². The molecule has 1 unspecified atom stereocenters. The Balaban J connectivity index is 1.57. The van der Waals surface area contributed by atoms with Gasteiger partial charge in [0.2, 0.25) is 5.69 Å². The predicted octanol–water partition coefficient (Wildman–Crippen LogP) is 5.66. The summed E-state index contributed by atoms with van der Waals surface area (Å²) >= 11 is 0. The molecule has 11 rings (SSSR count). The van der Waals surface area contributed by atoms with Gasteiger partial charge < -0.3 is 4.74 Å². The maximum Gasteiger partial charge on any atom is 0.374 e. The Hall–Kier alpha value is -5.03. The van der Waals surface area contributed by atoms with Crippen LogP contribution >= 0.6 is 0 Å². The largest absolute Gasteiger partial charge is 0.456 e. The van der Waals surface area contributed by atoms with E-state index in [1.165, 1.54) is 66.0 Å². The molecule has 0 radical (unpaired) electrons. The van der Waals surface area contributed by atoms with Gasteiger partial charge in [-0.3, -0.25) is 4.98 Å².